The minimum absolute atomic E-state index is 0.0101. The minimum Gasteiger partial charge on any atom is -0.406 e. The third kappa shape index (κ3) is 5.47. The van der Waals surface area contributed by atoms with Crippen LogP contribution in [0.1, 0.15) is 34.9 Å². The number of carbonyl (C=O) groups excluding carboxylic acids is 2. The van der Waals surface area contributed by atoms with Gasteiger partial charge in [-0.2, -0.15) is 0 Å². The summed E-state index contributed by atoms with van der Waals surface area (Å²) < 4.78 is 40.3. The molecule has 154 valence electrons. The highest BCUT2D eigenvalue weighted by Gasteiger charge is 2.31. The first-order valence-electron chi connectivity index (χ1n) is 8.95. The van der Waals surface area contributed by atoms with E-state index in [0.29, 0.717) is 29.8 Å². The third-order valence-electron chi connectivity index (χ3n) is 4.45. The van der Waals surface area contributed by atoms with Crippen LogP contribution in [0, 0.1) is 0 Å². The van der Waals surface area contributed by atoms with Crippen molar-refractivity contribution in [3.8, 4) is 5.75 Å². The van der Waals surface area contributed by atoms with Gasteiger partial charge < -0.3 is 20.1 Å². The van der Waals surface area contributed by atoms with Crippen molar-refractivity contribution in [2.24, 2.45) is 0 Å². The van der Waals surface area contributed by atoms with Crippen molar-refractivity contribution in [1.82, 2.24) is 5.32 Å². The number of halogens is 3. The molecule has 2 N–H and O–H groups in total. The monoisotopic (exact) mass is 408 g/mol. The molecular weight excluding hydrogens is 389 g/mol. The van der Waals surface area contributed by atoms with Crippen molar-refractivity contribution in [3.63, 3.8) is 0 Å². The molecule has 2 aromatic carbocycles. The molecule has 0 aromatic heterocycles. The number of hydrogen-bond donors (Lipinski definition) is 2. The van der Waals surface area contributed by atoms with Gasteiger partial charge in [0.1, 0.15) is 5.75 Å². The number of nitrogens with zero attached hydrogens (tertiary/aromatic N) is 1. The first-order valence-corrected chi connectivity index (χ1v) is 8.95. The van der Waals surface area contributed by atoms with Gasteiger partial charge in [0, 0.05) is 30.8 Å². The Morgan fingerprint density at radius 1 is 1.21 bits per heavy atom. The Morgan fingerprint density at radius 3 is 2.55 bits per heavy atom. The van der Waals surface area contributed by atoms with Gasteiger partial charge >= 0.3 is 6.36 Å². The SMILES string of the molecule is O=C(NCC(O)c1ccc(OC(F)(F)F)cc1)c1cccc(N2CCCC2=O)c1. The minimum atomic E-state index is -4.79. The van der Waals surface area contributed by atoms with E-state index in [1.807, 2.05) is 0 Å². The molecule has 0 saturated carbocycles. The van der Waals surface area contributed by atoms with Gasteiger partial charge in [-0.15, -0.1) is 13.2 Å². The van der Waals surface area contributed by atoms with Gasteiger partial charge in [-0.25, -0.2) is 0 Å². The number of hydrogen-bond acceptors (Lipinski definition) is 4. The summed E-state index contributed by atoms with van der Waals surface area (Å²) in [7, 11) is 0. The topological polar surface area (TPSA) is 78.9 Å². The van der Waals surface area contributed by atoms with E-state index in [0.717, 1.165) is 18.6 Å². The van der Waals surface area contributed by atoms with E-state index >= 15 is 0 Å². The summed E-state index contributed by atoms with van der Waals surface area (Å²) in [6.45, 7) is 0.474. The molecule has 1 saturated heterocycles. The molecule has 1 unspecified atom stereocenters. The van der Waals surface area contributed by atoms with Crippen LogP contribution in [-0.2, 0) is 4.79 Å². The maximum absolute atomic E-state index is 12.4. The van der Waals surface area contributed by atoms with E-state index in [1.54, 1.807) is 29.2 Å². The van der Waals surface area contributed by atoms with Gasteiger partial charge in [0.05, 0.1) is 6.10 Å². The van der Waals surface area contributed by atoms with Gasteiger partial charge in [-0.05, 0) is 42.3 Å². The van der Waals surface area contributed by atoms with E-state index in [9.17, 15) is 27.9 Å². The Labute approximate surface area is 164 Å². The van der Waals surface area contributed by atoms with E-state index < -0.39 is 24.1 Å². The third-order valence-corrected chi connectivity index (χ3v) is 4.45. The lowest BCUT2D eigenvalue weighted by Gasteiger charge is -2.17. The summed E-state index contributed by atoms with van der Waals surface area (Å²) in [5, 5.41) is 12.7. The first-order chi connectivity index (χ1) is 13.7. The average Bonchev–Trinajstić information content (AvgIpc) is 3.11. The molecule has 1 aliphatic rings. The Bertz CT molecular complexity index is 884. The van der Waals surface area contributed by atoms with Gasteiger partial charge in [0.15, 0.2) is 0 Å². The lowest BCUT2D eigenvalue weighted by molar-refractivity contribution is -0.274. The van der Waals surface area contributed by atoms with Crippen molar-refractivity contribution < 1.29 is 32.6 Å². The molecule has 1 atom stereocenters. The molecule has 2 aromatic rings. The maximum Gasteiger partial charge on any atom is 0.573 e. The molecule has 9 heteroatoms. The zero-order chi connectivity index (χ0) is 21.0. The lowest BCUT2D eigenvalue weighted by atomic mass is 10.1. The Morgan fingerprint density at radius 2 is 1.93 bits per heavy atom. The van der Waals surface area contributed by atoms with Crippen LogP contribution in [0.25, 0.3) is 0 Å². The van der Waals surface area contributed by atoms with Crippen LogP contribution in [0.4, 0.5) is 18.9 Å². The quantitative estimate of drug-likeness (QED) is 0.770. The second-order valence-electron chi connectivity index (χ2n) is 6.54. The molecule has 1 aliphatic heterocycles. The highest BCUT2D eigenvalue weighted by Crippen LogP contribution is 2.25. The highest BCUT2D eigenvalue weighted by atomic mass is 19.4. The summed E-state index contributed by atoms with van der Waals surface area (Å²) >= 11 is 0. The predicted octanol–water partition coefficient (Wildman–Crippen LogP) is 3.18. The van der Waals surface area contributed by atoms with E-state index in [1.165, 1.54) is 12.1 Å². The number of rotatable bonds is 6. The second kappa shape index (κ2) is 8.52. The van der Waals surface area contributed by atoms with Crippen LogP contribution in [0.3, 0.4) is 0 Å². The maximum atomic E-state index is 12.4. The Hall–Kier alpha value is -3.07. The Kier molecular flexibility index (Phi) is 6.07. The fourth-order valence-electron chi connectivity index (χ4n) is 3.04. The van der Waals surface area contributed by atoms with Crippen molar-refractivity contribution >= 4 is 17.5 Å². The van der Waals surface area contributed by atoms with Crippen molar-refractivity contribution in [3.05, 3.63) is 59.7 Å². The van der Waals surface area contributed by atoms with Crippen LogP contribution in [-0.4, -0.2) is 36.4 Å². The number of ether oxygens (including phenoxy) is 1. The molecule has 0 aliphatic carbocycles. The lowest BCUT2D eigenvalue weighted by Crippen LogP contribution is -2.29. The molecule has 3 rings (SSSR count). The summed E-state index contributed by atoms with van der Waals surface area (Å²) in [6, 6.07) is 11.4. The number of aliphatic hydroxyl groups is 1. The molecule has 0 spiro atoms. The van der Waals surface area contributed by atoms with Gasteiger partial charge in [0.2, 0.25) is 5.91 Å². The molecule has 1 heterocycles. The average molecular weight is 408 g/mol. The summed E-state index contributed by atoms with van der Waals surface area (Å²) in [4.78, 5) is 25.8. The molecule has 6 nitrogen and oxygen atoms in total. The number of alkyl halides is 3. The fourth-order valence-corrected chi connectivity index (χ4v) is 3.04. The zero-order valence-electron chi connectivity index (χ0n) is 15.3. The number of aliphatic hydroxyl groups excluding tert-OH is 1. The number of anilines is 1. The fraction of sp³-hybridized carbons (Fsp3) is 0.300. The molecule has 0 bridgehead atoms. The second-order valence-corrected chi connectivity index (χ2v) is 6.54. The van der Waals surface area contributed by atoms with Crippen LogP contribution < -0.4 is 15.0 Å². The normalized spacial score (nSPS) is 15.3. The highest BCUT2D eigenvalue weighted by molar-refractivity contribution is 5.99. The molecule has 29 heavy (non-hydrogen) atoms. The first kappa shape index (κ1) is 20.7. The van der Waals surface area contributed by atoms with E-state index in [-0.39, 0.29) is 12.5 Å². The van der Waals surface area contributed by atoms with Crippen LogP contribution in [0.15, 0.2) is 48.5 Å². The number of carbonyl (C=O) groups is 2. The smallest absolute Gasteiger partial charge is 0.406 e. The van der Waals surface area contributed by atoms with E-state index in [4.69, 9.17) is 0 Å². The molecule has 0 radical (unpaired) electrons. The summed E-state index contributed by atoms with van der Waals surface area (Å²) in [5.74, 6) is -0.823. The largest absolute Gasteiger partial charge is 0.573 e. The van der Waals surface area contributed by atoms with Crippen molar-refractivity contribution in [1.29, 1.82) is 0 Å². The van der Waals surface area contributed by atoms with Crippen LogP contribution >= 0.6 is 0 Å². The van der Waals surface area contributed by atoms with Gasteiger partial charge in [0.25, 0.3) is 5.91 Å². The molecular formula is C20H19F3N2O4. The molecule has 1 fully saturated rings. The Balaban J connectivity index is 1.58. The number of benzene rings is 2. The summed E-state index contributed by atoms with van der Waals surface area (Å²) in [6.07, 6.45) is -4.64. The van der Waals surface area contributed by atoms with Gasteiger partial charge in [-0.1, -0.05) is 18.2 Å². The standard InChI is InChI=1S/C20H19F3N2O4/c21-20(22,23)29-16-8-6-13(7-9-16)17(26)12-24-19(28)14-3-1-4-15(11-14)25-10-2-5-18(25)27/h1,3-4,6-9,11,17,26H,2,5,10,12H2,(H,24,28). The van der Waals surface area contributed by atoms with Gasteiger partial charge in [-0.3, -0.25) is 9.59 Å². The van der Waals surface area contributed by atoms with Crippen LogP contribution in [0.5, 0.6) is 5.75 Å². The number of amides is 2. The van der Waals surface area contributed by atoms with Crippen molar-refractivity contribution in [2.45, 2.75) is 25.3 Å². The van der Waals surface area contributed by atoms with Crippen LogP contribution in [0.2, 0.25) is 0 Å². The van der Waals surface area contributed by atoms with E-state index in [2.05, 4.69) is 10.1 Å². The zero-order valence-corrected chi connectivity index (χ0v) is 15.3. The van der Waals surface area contributed by atoms with Crippen molar-refractivity contribution in [2.75, 3.05) is 18.0 Å². The predicted molar refractivity (Wildman–Crippen MR) is 98.4 cm³/mol. The molecule has 2 amide bonds. The summed E-state index contributed by atoms with van der Waals surface area (Å²) in [5.41, 5.74) is 1.31. The number of nitrogens with one attached hydrogen (secondary N) is 1.